The molecule has 0 aromatic carbocycles. The van der Waals surface area contributed by atoms with Crippen LogP contribution in [0.5, 0.6) is 0 Å². The van der Waals surface area contributed by atoms with Crippen LogP contribution in [-0.4, -0.2) is 29.0 Å². The van der Waals surface area contributed by atoms with Crippen molar-refractivity contribution in [3.63, 3.8) is 0 Å². The number of amides is 1. The summed E-state index contributed by atoms with van der Waals surface area (Å²) in [4.78, 5) is 20.1. The van der Waals surface area contributed by atoms with Crippen LogP contribution in [0.3, 0.4) is 0 Å². The summed E-state index contributed by atoms with van der Waals surface area (Å²) in [6.45, 7) is 1.28. The molecule has 2 bridgehead atoms. The zero-order valence-corrected chi connectivity index (χ0v) is 11.7. The van der Waals surface area contributed by atoms with Gasteiger partial charge in [-0.2, -0.15) is 0 Å². The van der Waals surface area contributed by atoms with E-state index in [0.29, 0.717) is 31.4 Å². The van der Waals surface area contributed by atoms with Gasteiger partial charge in [-0.05, 0) is 43.1 Å². The first-order valence-corrected chi connectivity index (χ1v) is 7.59. The Balaban J connectivity index is 1.32. The molecule has 2 aliphatic rings. The predicted octanol–water partition coefficient (Wildman–Crippen LogP) is 1.83. The van der Waals surface area contributed by atoms with Gasteiger partial charge in [0, 0.05) is 31.9 Å². The molecule has 5 nitrogen and oxygen atoms in total. The lowest BCUT2D eigenvalue weighted by molar-refractivity contribution is -0.122. The Morgan fingerprint density at radius 3 is 2.75 bits per heavy atom. The monoisotopic (exact) mass is 274 g/mol. The molecule has 20 heavy (non-hydrogen) atoms. The summed E-state index contributed by atoms with van der Waals surface area (Å²) < 4.78 is 0. The van der Waals surface area contributed by atoms with E-state index in [0.717, 1.165) is 11.8 Å². The Morgan fingerprint density at radius 1 is 1.20 bits per heavy atom. The van der Waals surface area contributed by atoms with Gasteiger partial charge in [-0.3, -0.25) is 4.79 Å². The van der Waals surface area contributed by atoms with E-state index in [2.05, 4.69) is 20.6 Å². The molecule has 3 unspecified atom stereocenters. The first-order chi connectivity index (χ1) is 9.81. The van der Waals surface area contributed by atoms with E-state index in [1.807, 2.05) is 0 Å². The van der Waals surface area contributed by atoms with Crippen molar-refractivity contribution in [2.45, 2.75) is 32.1 Å². The van der Waals surface area contributed by atoms with E-state index in [1.165, 1.54) is 25.7 Å². The zero-order chi connectivity index (χ0) is 13.8. The van der Waals surface area contributed by atoms with Gasteiger partial charge >= 0.3 is 0 Å². The second-order valence-electron chi connectivity index (χ2n) is 5.99. The number of nitrogens with one attached hydrogen (secondary N) is 2. The van der Waals surface area contributed by atoms with E-state index >= 15 is 0 Å². The van der Waals surface area contributed by atoms with Crippen molar-refractivity contribution in [2.75, 3.05) is 18.4 Å². The highest BCUT2D eigenvalue weighted by Crippen LogP contribution is 2.49. The van der Waals surface area contributed by atoms with Crippen molar-refractivity contribution in [3.05, 3.63) is 18.5 Å². The molecule has 2 aliphatic carbocycles. The largest absolute Gasteiger partial charge is 0.354 e. The Labute approximate surface area is 119 Å². The van der Waals surface area contributed by atoms with Crippen molar-refractivity contribution in [2.24, 2.45) is 17.8 Å². The van der Waals surface area contributed by atoms with Crippen LogP contribution >= 0.6 is 0 Å². The molecule has 1 aromatic heterocycles. The average Bonchev–Trinajstić information content (AvgIpc) is 3.07. The maximum Gasteiger partial charge on any atom is 0.222 e. The quantitative estimate of drug-likeness (QED) is 0.777. The smallest absolute Gasteiger partial charge is 0.222 e. The second kappa shape index (κ2) is 6.20. The van der Waals surface area contributed by atoms with Crippen molar-refractivity contribution < 1.29 is 4.79 Å². The molecule has 2 N–H and O–H groups in total. The number of carbonyl (C=O) groups excluding carboxylic acids is 1. The molecule has 1 amide bonds. The maximum absolute atomic E-state index is 11.9. The molecule has 2 fully saturated rings. The summed E-state index contributed by atoms with van der Waals surface area (Å²) >= 11 is 0. The lowest BCUT2D eigenvalue weighted by Crippen LogP contribution is -2.31. The molecule has 5 heteroatoms. The summed E-state index contributed by atoms with van der Waals surface area (Å²) in [6.07, 6.45) is 9.48. The first-order valence-electron chi connectivity index (χ1n) is 7.59. The molecule has 108 valence electrons. The molecular formula is C15H22N4O. The summed E-state index contributed by atoms with van der Waals surface area (Å²) in [7, 11) is 0. The molecule has 1 aromatic rings. The third kappa shape index (κ3) is 3.26. The van der Waals surface area contributed by atoms with Crippen molar-refractivity contribution in [3.8, 4) is 0 Å². The third-order valence-corrected chi connectivity index (χ3v) is 4.63. The normalized spacial score (nSPS) is 27.5. The number of aromatic nitrogens is 2. The predicted molar refractivity (Wildman–Crippen MR) is 77.1 cm³/mol. The van der Waals surface area contributed by atoms with Crippen LogP contribution in [0.1, 0.15) is 32.1 Å². The van der Waals surface area contributed by atoms with Gasteiger partial charge in [-0.25, -0.2) is 9.97 Å². The highest BCUT2D eigenvalue weighted by molar-refractivity contribution is 5.76. The van der Waals surface area contributed by atoms with E-state index in [1.54, 1.807) is 18.5 Å². The Bertz CT molecular complexity index is 450. The topological polar surface area (TPSA) is 66.9 Å². The molecule has 0 aliphatic heterocycles. The molecule has 1 heterocycles. The lowest BCUT2D eigenvalue weighted by Gasteiger charge is -2.20. The van der Waals surface area contributed by atoms with Gasteiger partial charge in [0.2, 0.25) is 11.9 Å². The number of carbonyl (C=O) groups is 1. The van der Waals surface area contributed by atoms with Crippen LogP contribution in [-0.2, 0) is 4.79 Å². The van der Waals surface area contributed by atoms with Crippen LogP contribution in [0.4, 0.5) is 5.95 Å². The van der Waals surface area contributed by atoms with Crippen LogP contribution < -0.4 is 10.6 Å². The van der Waals surface area contributed by atoms with Crippen molar-refractivity contribution >= 4 is 11.9 Å². The molecular weight excluding hydrogens is 252 g/mol. The minimum atomic E-state index is 0.193. The molecule has 0 saturated heterocycles. The molecule has 0 radical (unpaired) electrons. The highest BCUT2D eigenvalue weighted by atomic mass is 16.1. The second-order valence-corrected chi connectivity index (χ2v) is 5.99. The number of hydrogen-bond donors (Lipinski definition) is 2. The standard InChI is InChI=1S/C15H22N4O/c20-14(10-13-9-11-2-3-12(13)8-11)16-6-7-19-15-17-4-1-5-18-15/h1,4-5,11-13H,2-3,6-10H2,(H,16,20)(H,17,18,19). The van der Waals surface area contributed by atoms with Gasteiger partial charge in [0.05, 0.1) is 0 Å². The molecule has 3 atom stereocenters. The van der Waals surface area contributed by atoms with Crippen molar-refractivity contribution in [1.82, 2.24) is 15.3 Å². The lowest BCUT2D eigenvalue weighted by atomic mass is 9.86. The Hall–Kier alpha value is -1.65. The fraction of sp³-hybridized carbons (Fsp3) is 0.667. The van der Waals surface area contributed by atoms with Gasteiger partial charge < -0.3 is 10.6 Å². The number of fused-ring (bicyclic) bond motifs is 2. The first kappa shape index (κ1) is 13.3. The Morgan fingerprint density at radius 2 is 2.05 bits per heavy atom. The fourth-order valence-corrected chi connectivity index (χ4v) is 3.70. The van der Waals surface area contributed by atoms with Crippen LogP contribution in [0.25, 0.3) is 0 Å². The van der Waals surface area contributed by atoms with Gasteiger partial charge in [-0.1, -0.05) is 6.42 Å². The van der Waals surface area contributed by atoms with Gasteiger partial charge in [0.25, 0.3) is 0 Å². The summed E-state index contributed by atoms with van der Waals surface area (Å²) in [5.74, 6) is 3.17. The van der Waals surface area contributed by atoms with Crippen molar-refractivity contribution in [1.29, 1.82) is 0 Å². The Kier molecular flexibility index (Phi) is 4.14. The number of anilines is 1. The minimum Gasteiger partial charge on any atom is -0.354 e. The van der Waals surface area contributed by atoms with E-state index in [-0.39, 0.29) is 5.91 Å². The molecule has 3 rings (SSSR count). The zero-order valence-electron chi connectivity index (χ0n) is 11.7. The summed E-state index contributed by atoms with van der Waals surface area (Å²) in [5.41, 5.74) is 0. The highest BCUT2D eigenvalue weighted by Gasteiger charge is 2.39. The average molecular weight is 274 g/mol. The molecule has 2 saturated carbocycles. The fourth-order valence-electron chi connectivity index (χ4n) is 3.70. The van der Waals surface area contributed by atoms with Gasteiger partial charge in [-0.15, -0.1) is 0 Å². The van der Waals surface area contributed by atoms with E-state index < -0.39 is 0 Å². The summed E-state index contributed by atoms with van der Waals surface area (Å²) in [6, 6.07) is 1.78. The molecule has 0 spiro atoms. The van der Waals surface area contributed by atoms with Gasteiger partial charge in [0.1, 0.15) is 0 Å². The van der Waals surface area contributed by atoms with Crippen LogP contribution in [0.15, 0.2) is 18.5 Å². The van der Waals surface area contributed by atoms with Crippen LogP contribution in [0.2, 0.25) is 0 Å². The van der Waals surface area contributed by atoms with E-state index in [4.69, 9.17) is 0 Å². The number of rotatable bonds is 6. The maximum atomic E-state index is 11.9. The number of hydrogen-bond acceptors (Lipinski definition) is 4. The third-order valence-electron chi connectivity index (χ3n) is 4.63. The van der Waals surface area contributed by atoms with Gasteiger partial charge in [0.15, 0.2) is 0 Å². The SMILES string of the molecule is O=C(CC1CC2CCC1C2)NCCNc1ncccn1. The summed E-state index contributed by atoms with van der Waals surface area (Å²) in [5, 5.41) is 6.07. The van der Waals surface area contributed by atoms with E-state index in [9.17, 15) is 4.79 Å². The van der Waals surface area contributed by atoms with Crippen LogP contribution in [0, 0.1) is 17.8 Å². The minimum absolute atomic E-state index is 0.193. The number of nitrogens with zero attached hydrogens (tertiary/aromatic N) is 2.